The second kappa shape index (κ2) is 6.11. The molecule has 21 heavy (non-hydrogen) atoms. The second-order valence-electron chi connectivity index (χ2n) is 5.84. The summed E-state index contributed by atoms with van der Waals surface area (Å²) in [6.45, 7) is -0.0795. The van der Waals surface area contributed by atoms with Crippen LogP contribution in [0.25, 0.3) is 0 Å². The lowest BCUT2D eigenvalue weighted by atomic mass is 9.84. The lowest BCUT2D eigenvalue weighted by Gasteiger charge is -2.28. The Hall–Kier alpha value is -1.47. The van der Waals surface area contributed by atoms with Crippen LogP contribution in [0.4, 0.5) is 18.0 Å². The van der Waals surface area contributed by atoms with Crippen molar-refractivity contribution >= 4 is 12.0 Å². The van der Waals surface area contributed by atoms with Gasteiger partial charge in [0.1, 0.15) is 0 Å². The van der Waals surface area contributed by atoms with Crippen LogP contribution in [0.15, 0.2) is 0 Å². The molecular weight excluding hydrogens is 289 g/mol. The summed E-state index contributed by atoms with van der Waals surface area (Å²) in [4.78, 5) is 22.9. The van der Waals surface area contributed by atoms with Gasteiger partial charge in [-0.25, -0.2) is 4.79 Å². The second-order valence-corrected chi connectivity index (χ2v) is 5.84. The van der Waals surface area contributed by atoms with Crippen LogP contribution < -0.4 is 10.6 Å². The molecule has 0 spiro atoms. The topological polar surface area (TPSA) is 78.4 Å². The van der Waals surface area contributed by atoms with Gasteiger partial charge in [-0.2, -0.15) is 13.2 Å². The molecule has 5 nitrogen and oxygen atoms in total. The summed E-state index contributed by atoms with van der Waals surface area (Å²) < 4.78 is 35.9. The molecule has 0 radical (unpaired) electrons. The first-order valence-electron chi connectivity index (χ1n) is 7.12. The molecule has 2 saturated carbocycles. The number of carbonyl (C=O) groups excluding carboxylic acids is 1. The maximum Gasteiger partial charge on any atom is 0.389 e. The van der Waals surface area contributed by atoms with Crippen molar-refractivity contribution in [3.8, 4) is 0 Å². The number of fused-ring (bicyclic) bond motifs is 2. The smallest absolute Gasteiger partial charge is 0.389 e. The number of nitrogens with one attached hydrogen (secondary N) is 2. The third kappa shape index (κ3) is 4.01. The summed E-state index contributed by atoms with van der Waals surface area (Å²) in [6, 6.07) is -0.996. The number of carbonyl (C=O) groups is 2. The molecule has 0 aromatic rings. The molecule has 120 valence electrons. The van der Waals surface area contributed by atoms with Crippen LogP contribution in [0.1, 0.15) is 32.1 Å². The molecule has 2 aliphatic carbocycles. The normalized spacial score (nSPS) is 31.2. The van der Waals surface area contributed by atoms with Crippen molar-refractivity contribution in [2.75, 3.05) is 6.54 Å². The molecule has 3 N–H and O–H groups in total. The zero-order valence-corrected chi connectivity index (χ0v) is 11.4. The van der Waals surface area contributed by atoms with Crippen molar-refractivity contribution in [3.63, 3.8) is 0 Å². The van der Waals surface area contributed by atoms with Crippen LogP contribution in [-0.2, 0) is 4.79 Å². The van der Waals surface area contributed by atoms with Gasteiger partial charge in [-0.1, -0.05) is 0 Å². The number of halogens is 3. The van der Waals surface area contributed by atoms with E-state index < -0.39 is 36.6 Å². The number of alkyl halides is 3. The van der Waals surface area contributed by atoms with Crippen molar-refractivity contribution in [1.82, 2.24) is 10.6 Å². The van der Waals surface area contributed by atoms with E-state index in [1.54, 1.807) is 0 Å². The van der Waals surface area contributed by atoms with Gasteiger partial charge in [-0.05, 0) is 37.5 Å². The van der Waals surface area contributed by atoms with E-state index >= 15 is 0 Å². The molecule has 0 aromatic heterocycles. The van der Waals surface area contributed by atoms with Gasteiger partial charge >= 0.3 is 18.2 Å². The predicted octanol–water partition coefficient (Wildman–Crippen LogP) is 2.13. The van der Waals surface area contributed by atoms with E-state index in [0.717, 1.165) is 19.3 Å². The first-order chi connectivity index (χ1) is 9.78. The highest BCUT2D eigenvalue weighted by Gasteiger charge is 2.51. The molecule has 0 saturated heterocycles. The van der Waals surface area contributed by atoms with Gasteiger partial charge in [0.05, 0.1) is 5.92 Å². The molecule has 2 rings (SSSR count). The zero-order chi connectivity index (χ0) is 15.6. The first kappa shape index (κ1) is 15.9. The molecule has 2 fully saturated rings. The maximum atomic E-state index is 12.0. The lowest BCUT2D eigenvalue weighted by molar-refractivity contribution is -0.144. The standard InChI is InChI=1S/C13H19F3N2O3/c14-13(15,16)4-1-5-17-12(21)18-10-8-3-2-7(6-8)9(10)11(19)20/h7-10H,1-6H2,(H,19,20)(H2,17,18,21). The van der Waals surface area contributed by atoms with E-state index in [1.807, 2.05) is 0 Å². The monoisotopic (exact) mass is 308 g/mol. The number of hydrogen-bond donors (Lipinski definition) is 3. The number of amides is 2. The Morgan fingerprint density at radius 2 is 1.86 bits per heavy atom. The predicted molar refractivity (Wildman–Crippen MR) is 67.6 cm³/mol. The van der Waals surface area contributed by atoms with Gasteiger partial charge in [0.15, 0.2) is 0 Å². The minimum absolute atomic E-state index is 0.0795. The van der Waals surface area contributed by atoms with Crippen LogP contribution in [0.2, 0.25) is 0 Å². The van der Waals surface area contributed by atoms with E-state index in [4.69, 9.17) is 0 Å². The molecular formula is C13H19F3N2O3. The highest BCUT2D eigenvalue weighted by atomic mass is 19.4. The maximum absolute atomic E-state index is 12.0. The minimum Gasteiger partial charge on any atom is -0.481 e. The van der Waals surface area contributed by atoms with Crippen LogP contribution in [-0.4, -0.2) is 35.9 Å². The summed E-state index contributed by atoms with van der Waals surface area (Å²) in [5.74, 6) is -1.23. The summed E-state index contributed by atoms with van der Waals surface area (Å²) in [6.07, 6.45) is -2.79. The van der Waals surface area contributed by atoms with E-state index in [9.17, 15) is 27.9 Å². The molecule has 4 unspecified atom stereocenters. The van der Waals surface area contributed by atoms with Gasteiger partial charge in [0, 0.05) is 19.0 Å². The molecule has 4 atom stereocenters. The Bertz CT molecular complexity index is 414. The van der Waals surface area contributed by atoms with Crippen molar-refractivity contribution in [3.05, 3.63) is 0 Å². The van der Waals surface area contributed by atoms with Gasteiger partial charge in [-0.15, -0.1) is 0 Å². The first-order valence-corrected chi connectivity index (χ1v) is 7.12. The van der Waals surface area contributed by atoms with Gasteiger partial charge in [-0.3, -0.25) is 4.79 Å². The van der Waals surface area contributed by atoms with Crippen LogP contribution >= 0.6 is 0 Å². The van der Waals surface area contributed by atoms with Crippen molar-refractivity contribution in [2.24, 2.45) is 17.8 Å². The zero-order valence-electron chi connectivity index (χ0n) is 11.4. The van der Waals surface area contributed by atoms with E-state index in [-0.39, 0.29) is 24.8 Å². The third-order valence-electron chi connectivity index (χ3n) is 4.42. The number of aliphatic carboxylic acids is 1. The molecule has 8 heteroatoms. The fraction of sp³-hybridized carbons (Fsp3) is 0.846. The number of carboxylic acid groups (broad SMARTS) is 1. The lowest BCUT2D eigenvalue weighted by Crippen LogP contribution is -2.50. The largest absolute Gasteiger partial charge is 0.481 e. The number of urea groups is 1. The summed E-state index contributed by atoms with van der Waals surface area (Å²) in [5, 5.41) is 14.2. The van der Waals surface area contributed by atoms with Crippen LogP contribution in [0, 0.1) is 17.8 Å². The van der Waals surface area contributed by atoms with Crippen molar-refractivity contribution < 1.29 is 27.9 Å². The van der Waals surface area contributed by atoms with Gasteiger partial charge in [0.2, 0.25) is 0 Å². The molecule has 2 aliphatic rings. The summed E-state index contributed by atoms with van der Waals surface area (Å²) in [7, 11) is 0. The fourth-order valence-corrected chi connectivity index (χ4v) is 3.55. The van der Waals surface area contributed by atoms with Crippen molar-refractivity contribution in [1.29, 1.82) is 0 Å². The van der Waals surface area contributed by atoms with E-state index in [2.05, 4.69) is 10.6 Å². The third-order valence-corrected chi connectivity index (χ3v) is 4.42. The van der Waals surface area contributed by atoms with Crippen LogP contribution in [0.5, 0.6) is 0 Å². The number of rotatable bonds is 5. The highest BCUT2D eigenvalue weighted by Crippen LogP contribution is 2.48. The average molecular weight is 308 g/mol. The minimum atomic E-state index is -4.23. The molecule has 0 heterocycles. The summed E-state index contributed by atoms with van der Waals surface area (Å²) >= 11 is 0. The Morgan fingerprint density at radius 1 is 1.19 bits per heavy atom. The fourth-order valence-electron chi connectivity index (χ4n) is 3.55. The molecule has 0 aliphatic heterocycles. The van der Waals surface area contributed by atoms with Gasteiger partial charge in [0.25, 0.3) is 0 Å². The van der Waals surface area contributed by atoms with E-state index in [1.165, 1.54) is 0 Å². The quantitative estimate of drug-likeness (QED) is 0.681. The Morgan fingerprint density at radius 3 is 2.48 bits per heavy atom. The highest BCUT2D eigenvalue weighted by molar-refractivity contribution is 5.77. The Labute approximate surface area is 120 Å². The van der Waals surface area contributed by atoms with Crippen molar-refractivity contribution in [2.45, 2.75) is 44.3 Å². The molecule has 2 amide bonds. The number of carboxylic acids is 1. The average Bonchev–Trinajstić information content (AvgIpc) is 2.94. The van der Waals surface area contributed by atoms with Gasteiger partial charge < -0.3 is 15.7 Å². The van der Waals surface area contributed by atoms with E-state index in [0.29, 0.717) is 0 Å². The van der Waals surface area contributed by atoms with Crippen LogP contribution in [0.3, 0.4) is 0 Å². The molecule has 2 bridgehead atoms. The summed E-state index contributed by atoms with van der Waals surface area (Å²) in [5.41, 5.74) is 0. The Balaban J connectivity index is 1.76. The Kier molecular flexibility index (Phi) is 4.63. The SMILES string of the molecule is O=C(NCCCC(F)(F)F)NC1C2CCC(C2)C1C(=O)O. The number of hydrogen-bond acceptors (Lipinski definition) is 2. The molecule has 0 aromatic carbocycles.